The molecule has 3 rings (SSSR count). The molecule has 0 aliphatic heterocycles. The second kappa shape index (κ2) is 7.43. The zero-order valence-corrected chi connectivity index (χ0v) is 16.4. The lowest BCUT2D eigenvalue weighted by Gasteiger charge is -2.05. The maximum atomic E-state index is 12.7. The summed E-state index contributed by atoms with van der Waals surface area (Å²) >= 11 is 4.78. The van der Waals surface area contributed by atoms with E-state index in [0.29, 0.717) is 5.56 Å². The highest BCUT2D eigenvalue weighted by atomic mass is 79.9. The predicted molar refractivity (Wildman–Crippen MR) is 103 cm³/mol. The third-order valence-corrected chi connectivity index (χ3v) is 5.61. The number of hydrogen-bond acceptors (Lipinski definition) is 5. The molecule has 132 valence electrons. The largest absolute Gasteiger partial charge is 0.278 e. The number of nitro groups is 1. The molecule has 6 nitrogen and oxygen atoms in total. The van der Waals surface area contributed by atoms with Gasteiger partial charge in [-0.15, -0.1) is 0 Å². The van der Waals surface area contributed by atoms with E-state index in [0.717, 1.165) is 25.7 Å². The molecule has 26 heavy (non-hydrogen) atoms. The molecule has 0 radical (unpaired) electrons. The van der Waals surface area contributed by atoms with Crippen molar-refractivity contribution < 1.29 is 9.72 Å². The number of carbonyl (C=O) groups excluding carboxylic acids is 1. The molecule has 2 aromatic carbocycles. The van der Waals surface area contributed by atoms with E-state index in [1.54, 1.807) is 24.3 Å². The summed E-state index contributed by atoms with van der Waals surface area (Å²) in [5.74, 6) is -0.200. The Morgan fingerprint density at radius 3 is 2.31 bits per heavy atom. The summed E-state index contributed by atoms with van der Waals surface area (Å²) in [6.45, 7) is 3.68. The first kappa shape index (κ1) is 18.3. The predicted octanol–water partition coefficient (Wildman–Crippen LogP) is 5.01. The van der Waals surface area contributed by atoms with Gasteiger partial charge in [0.2, 0.25) is 0 Å². The Bertz CT molecular complexity index is 982. The van der Waals surface area contributed by atoms with Crippen molar-refractivity contribution in [1.82, 2.24) is 9.78 Å². The second-order valence-corrected chi connectivity index (χ2v) is 7.58. The summed E-state index contributed by atoms with van der Waals surface area (Å²) in [7, 11) is 0. The van der Waals surface area contributed by atoms with Gasteiger partial charge < -0.3 is 0 Å². The van der Waals surface area contributed by atoms with Gasteiger partial charge in [-0.2, -0.15) is 9.78 Å². The van der Waals surface area contributed by atoms with Crippen LogP contribution in [-0.4, -0.2) is 20.6 Å². The number of benzene rings is 2. The van der Waals surface area contributed by atoms with Crippen LogP contribution in [0.2, 0.25) is 0 Å². The van der Waals surface area contributed by atoms with Crippen LogP contribution in [0.25, 0.3) is 0 Å². The fourth-order valence-electron chi connectivity index (χ4n) is 2.44. The molecule has 0 aliphatic rings. The van der Waals surface area contributed by atoms with E-state index in [4.69, 9.17) is 0 Å². The minimum Gasteiger partial charge on any atom is -0.267 e. The van der Waals surface area contributed by atoms with Crippen molar-refractivity contribution in [3.63, 3.8) is 0 Å². The summed E-state index contributed by atoms with van der Waals surface area (Å²) < 4.78 is 2.29. The first-order chi connectivity index (χ1) is 12.4. The number of nitro benzene ring substituents is 1. The number of halogens is 1. The van der Waals surface area contributed by atoms with Gasteiger partial charge in [0.05, 0.1) is 21.2 Å². The zero-order valence-electron chi connectivity index (χ0n) is 14.0. The molecule has 0 saturated carbocycles. The van der Waals surface area contributed by atoms with E-state index in [1.165, 1.54) is 28.6 Å². The van der Waals surface area contributed by atoms with E-state index in [9.17, 15) is 14.9 Å². The van der Waals surface area contributed by atoms with Crippen LogP contribution in [0.15, 0.2) is 62.8 Å². The Labute approximate surface area is 162 Å². The van der Waals surface area contributed by atoms with Crippen LogP contribution in [0.5, 0.6) is 0 Å². The molecule has 3 aromatic rings. The first-order valence-corrected chi connectivity index (χ1v) is 9.26. The minimum absolute atomic E-state index is 0.0453. The lowest BCUT2D eigenvalue weighted by Crippen LogP contribution is -2.15. The monoisotopic (exact) mass is 431 g/mol. The van der Waals surface area contributed by atoms with Crippen molar-refractivity contribution in [1.29, 1.82) is 0 Å². The van der Waals surface area contributed by atoms with Gasteiger partial charge in [-0.05, 0) is 50.2 Å². The highest BCUT2D eigenvalue weighted by Gasteiger charge is 2.19. The number of hydrogen-bond donors (Lipinski definition) is 0. The van der Waals surface area contributed by atoms with E-state index in [2.05, 4.69) is 21.0 Å². The molecule has 0 atom stereocenters. The summed E-state index contributed by atoms with van der Waals surface area (Å²) in [6, 6.07) is 13.4. The van der Waals surface area contributed by atoms with Crippen LogP contribution in [0.4, 0.5) is 5.69 Å². The number of nitrogens with zero attached hydrogens (tertiary/aromatic N) is 3. The smallest absolute Gasteiger partial charge is 0.267 e. The quantitative estimate of drug-likeness (QED) is 0.428. The summed E-state index contributed by atoms with van der Waals surface area (Å²) in [4.78, 5) is 24.8. The van der Waals surface area contributed by atoms with Crippen molar-refractivity contribution in [2.45, 2.75) is 23.6 Å². The van der Waals surface area contributed by atoms with Crippen LogP contribution >= 0.6 is 27.7 Å². The van der Waals surface area contributed by atoms with E-state index in [-0.39, 0.29) is 11.6 Å². The number of rotatable bonds is 4. The summed E-state index contributed by atoms with van der Waals surface area (Å²) in [5.41, 5.74) is 2.06. The van der Waals surface area contributed by atoms with Gasteiger partial charge in [0.15, 0.2) is 0 Å². The highest BCUT2D eigenvalue weighted by molar-refractivity contribution is 9.10. The summed E-state index contributed by atoms with van der Waals surface area (Å²) in [5, 5.41) is 15.1. The molecule has 0 aliphatic carbocycles. The molecule has 0 unspecified atom stereocenters. The van der Waals surface area contributed by atoms with Crippen molar-refractivity contribution in [2.24, 2.45) is 0 Å². The molecule has 8 heteroatoms. The van der Waals surface area contributed by atoms with Crippen LogP contribution in [-0.2, 0) is 0 Å². The summed E-state index contributed by atoms with van der Waals surface area (Å²) in [6.07, 6.45) is 0. The van der Waals surface area contributed by atoms with Gasteiger partial charge in [0.25, 0.3) is 11.6 Å². The Kier molecular flexibility index (Phi) is 5.24. The van der Waals surface area contributed by atoms with Crippen LogP contribution in [0.1, 0.15) is 21.7 Å². The Morgan fingerprint density at radius 2 is 1.73 bits per heavy atom. The van der Waals surface area contributed by atoms with Gasteiger partial charge in [-0.3, -0.25) is 14.9 Å². The van der Waals surface area contributed by atoms with Gasteiger partial charge in [-0.25, -0.2) is 0 Å². The van der Waals surface area contributed by atoms with Crippen molar-refractivity contribution in [3.8, 4) is 0 Å². The SMILES string of the molecule is Cc1nn(C(=O)c2ccc(Br)cc2)c(C)c1Sc1ccc([N+](=O)[O-])cc1. The van der Waals surface area contributed by atoms with Crippen molar-refractivity contribution in [2.75, 3.05) is 0 Å². The molecule has 0 saturated heterocycles. The number of carbonyl (C=O) groups is 1. The topological polar surface area (TPSA) is 78.0 Å². The minimum atomic E-state index is -0.431. The Morgan fingerprint density at radius 1 is 1.12 bits per heavy atom. The average Bonchev–Trinajstić information content (AvgIpc) is 2.90. The third-order valence-electron chi connectivity index (χ3n) is 3.78. The molecule has 0 N–H and O–H groups in total. The van der Waals surface area contributed by atoms with Gasteiger partial charge in [-0.1, -0.05) is 27.7 Å². The fraction of sp³-hybridized carbons (Fsp3) is 0.111. The molecule has 0 fully saturated rings. The van der Waals surface area contributed by atoms with E-state index < -0.39 is 4.92 Å². The first-order valence-electron chi connectivity index (χ1n) is 7.65. The van der Waals surface area contributed by atoms with Crippen LogP contribution < -0.4 is 0 Å². The molecule has 0 spiro atoms. The third kappa shape index (κ3) is 3.71. The standard InChI is InChI=1S/C18H14BrN3O3S/c1-11-17(26-16-9-7-15(8-10-16)22(24)25)12(2)21(20-11)18(23)13-3-5-14(19)6-4-13/h3-10H,1-2H3. The van der Waals surface area contributed by atoms with Crippen molar-refractivity contribution in [3.05, 3.63) is 80.1 Å². The molecule has 0 bridgehead atoms. The lowest BCUT2D eigenvalue weighted by atomic mass is 10.2. The lowest BCUT2D eigenvalue weighted by molar-refractivity contribution is -0.384. The number of non-ortho nitro benzene ring substituents is 1. The Balaban J connectivity index is 1.89. The van der Waals surface area contributed by atoms with E-state index >= 15 is 0 Å². The van der Waals surface area contributed by atoms with Gasteiger partial charge in [0, 0.05) is 27.1 Å². The fourth-order valence-corrected chi connectivity index (χ4v) is 3.64. The average molecular weight is 432 g/mol. The molecular weight excluding hydrogens is 418 g/mol. The molecule has 0 amide bonds. The zero-order chi connectivity index (χ0) is 18.8. The normalized spacial score (nSPS) is 10.7. The van der Waals surface area contributed by atoms with Crippen LogP contribution in [0, 0.1) is 24.0 Å². The van der Waals surface area contributed by atoms with Gasteiger partial charge >= 0.3 is 0 Å². The Hall–Kier alpha value is -2.45. The maximum Gasteiger partial charge on any atom is 0.278 e. The maximum absolute atomic E-state index is 12.7. The van der Waals surface area contributed by atoms with Crippen molar-refractivity contribution >= 4 is 39.3 Å². The van der Waals surface area contributed by atoms with Gasteiger partial charge in [0.1, 0.15) is 0 Å². The highest BCUT2D eigenvalue weighted by Crippen LogP contribution is 2.33. The number of aryl methyl sites for hydroxylation is 1. The molecular formula is C18H14BrN3O3S. The van der Waals surface area contributed by atoms with Crippen LogP contribution in [0.3, 0.4) is 0 Å². The molecule has 1 aromatic heterocycles. The number of aromatic nitrogens is 2. The van der Waals surface area contributed by atoms with E-state index in [1.807, 2.05) is 26.0 Å². The molecule has 1 heterocycles. The second-order valence-electron chi connectivity index (χ2n) is 5.58.